The Labute approximate surface area is 137 Å². The van der Waals surface area contributed by atoms with Crippen molar-refractivity contribution in [3.63, 3.8) is 0 Å². The average Bonchev–Trinajstić information content (AvgIpc) is 2.59. The number of fused-ring (bicyclic) bond motifs is 1. The van der Waals surface area contributed by atoms with E-state index < -0.39 is 5.82 Å². The number of carbonyl (C=O) groups is 1. The highest BCUT2D eigenvalue weighted by Gasteiger charge is 2.09. The van der Waals surface area contributed by atoms with Crippen molar-refractivity contribution in [2.45, 2.75) is 6.42 Å². The molecule has 6 heteroatoms. The second-order valence-electron chi connectivity index (χ2n) is 5.43. The van der Waals surface area contributed by atoms with Gasteiger partial charge in [-0.15, -0.1) is 0 Å². The molecule has 0 aliphatic heterocycles. The average molecular weight is 325 g/mol. The number of nitrogens with one attached hydrogen (secondary N) is 1. The molecule has 0 spiro atoms. The van der Waals surface area contributed by atoms with Crippen molar-refractivity contribution in [3.8, 4) is 0 Å². The number of carbonyl (C=O) groups excluding carboxylic acids is 1. The second-order valence-corrected chi connectivity index (χ2v) is 5.43. The molecule has 0 fully saturated rings. The molecule has 0 aliphatic rings. The van der Waals surface area contributed by atoms with Gasteiger partial charge in [0, 0.05) is 25.6 Å². The first-order chi connectivity index (χ1) is 11.6. The largest absolute Gasteiger partial charge is 0.352 e. The van der Waals surface area contributed by atoms with Crippen molar-refractivity contribution in [2.75, 3.05) is 6.54 Å². The molecule has 1 amide bonds. The third-order valence-corrected chi connectivity index (χ3v) is 3.80. The monoisotopic (exact) mass is 325 g/mol. The summed E-state index contributed by atoms with van der Waals surface area (Å²) < 4.78 is 14.6. The van der Waals surface area contributed by atoms with E-state index in [1.165, 1.54) is 22.8 Å². The number of hydrogen-bond acceptors (Lipinski definition) is 3. The number of aromatic nitrogens is 2. The van der Waals surface area contributed by atoms with E-state index in [-0.39, 0.29) is 17.0 Å². The summed E-state index contributed by atoms with van der Waals surface area (Å²) >= 11 is 0. The quantitative estimate of drug-likeness (QED) is 0.798. The number of nitrogens with zero attached hydrogens (tertiary/aromatic N) is 2. The molecule has 122 valence electrons. The number of halogens is 1. The number of benzene rings is 2. The predicted octanol–water partition coefficient (Wildman–Crippen LogP) is 2.05. The lowest BCUT2D eigenvalue weighted by molar-refractivity contribution is 0.0953. The molecule has 5 nitrogen and oxygen atoms in total. The van der Waals surface area contributed by atoms with Crippen molar-refractivity contribution in [1.29, 1.82) is 0 Å². The van der Waals surface area contributed by atoms with Gasteiger partial charge in [0.2, 0.25) is 0 Å². The summed E-state index contributed by atoms with van der Waals surface area (Å²) in [6, 6.07) is 12.6. The van der Waals surface area contributed by atoms with Crippen molar-refractivity contribution >= 4 is 16.8 Å². The highest BCUT2D eigenvalue weighted by atomic mass is 19.1. The van der Waals surface area contributed by atoms with E-state index >= 15 is 0 Å². The molecule has 0 unspecified atom stereocenters. The van der Waals surface area contributed by atoms with Gasteiger partial charge in [0.15, 0.2) is 0 Å². The lowest BCUT2D eigenvalue weighted by Gasteiger charge is -2.10. The van der Waals surface area contributed by atoms with E-state index in [2.05, 4.69) is 10.3 Å². The third-order valence-electron chi connectivity index (χ3n) is 3.80. The van der Waals surface area contributed by atoms with Gasteiger partial charge in [-0.1, -0.05) is 18.2 Å². The van der Waals surface area contributed by atoms with Crippen molar-refractivity contribution in [1.82, 2.24) is 14.9 Å². The van der Waals surface area contributed by atoms with Crippen LogP contribution in [0, 0.1) is 5.82 Å². The van der Waals surface area contributed by atoms with Crippen LogP contribution in [0.5, 0.6) is 0 Å². The smallest absolute Gasteiger partial charge is 0.261 e. The van der Waals surface area contributed by atoms with Crippen LogP contribution in [-0.2, 0) is 13.5 Å². The van der Waals surface area contributed by atoms with Gasteiger partial charge in [-0.25, -0.2) is 9.37 Å². The van der Waals surface area contributed by atoms with Crippen LogP contribution in [0.25, 0.3) is 10.9 Å². The normalized spacial score (nSPS) is 10.8. The molecule has 1 heterocycles. The fraction of sp³-hybridized carbons (Fsp3) is 0.167. The number of amides is 1. The first-order valence-electron chi connectivity index (χ1n) is 7.54. The Morgan fingerprint density at radius 2 is 2.00 bits per heavy atom. The standard InChI is InChI=1S/C18H16FN3O2/c1-22-16(21-15-8-3-2-7-14(15)18(22)24)9-10-20-17(23)12-5-4-6-13(19)11-12/h2-8,11H,9-10H2,1H3,(H,20,23). The van der Waals surface area contributed by atoms with Crippen LogP contribution in [0.1, 0.15) is 16.2 Å². The van der Waals surface area contributed by atoms with Crippen LogP contribution < -0.4 is 10.9 Å². The number of rotatable bonds is 4. The minimum absolute atomic E-state index is 0.118. The molecule has 3 rings (SSSR count). The second kappa shape index (κ2) is 6.62. The molecule has 0 aliphatic carbocycles. The summed E-state index contributed by atoms with van der Waals surface area (Å²) in [5.74, 6) is -0.236. The van der Waals surface area contributed by atoms with E-state index in [9.17, 15) is 14.0 Å². The highest BCUT2D eigenvalue weighted by molar-refractivity contribution is 5.94. The first kappa shape index (κ1) is 15.9. The van der Waals surface area contributed by atoms with Gasteiger partial charge in [-0.05, 0) is 30.3 Å². The first-order valence-corrected chi connectivity index (χ1v) is 7.54. The van der Waals surface area contributed by atoms with Crippen LogP contribution in [0.15, 0.2) is 53.3 Å². The molecule has 0 saturated heterocycles. The van der Waals surface area contributed by atoms with Gasteiger partial charge in [0.05, 0.1) is 10.9 Å². The van der Waals surface area contributed by atoms with E-state index in [0.29, 0.717) is 29.7 Å². The maximum atomic E-state index is 13.1. The fourth-order valence-corrected chi connectivity index (χ4v) is 2.51. The molecule has 2 aromatic carbocycles. The van der Waals surface area contributed by atoms with Crippen molar-refractivity contribution in [2.24, 2.45) is 7.05 Å². The zero-order chi connectivity index (χ0) is 17.1. The molecular weight excluding hydrogens is 309 g/mol. The maximum Gasteiger partial charge on any atom is 0.261 e. The third kappa shape index (κ3) is 3.17. The molecular formula is C18H16FN3O2. The van der Waals surface area contributed by atoms with Gasteiger partial charge in [0.1, 0.15) is 11.6 Å². The SMILES string of the molecule is Cn1c(CCNC(=O)c2cccc(F)c2)nc2ccccc2c1=O. The molecule has 0 radical (unpaired) electrons. The van der Waals surface area contributed by atoms with E-state index in [1.807, 2.05) is 6.07 Å². The van der Waals surface area contributed by atoms with Crippen molar-refractivity contribution < 1.29 is 9.18 Å². The fourth-order valence-electron chi connectivity index (χ4n) is 2.51. The molecule has 24 heavy (non-hydrogen) atoms. The van der Waals surface area contributed by atoms with Crippen LogP contribution in [0.3, 0.4) is 0 Å². The Bertz CT molecular complexity index is 966. The van der Waals surface area contributed by atoms with Gasteiger partial charge in [-0.3, -0.25) is 14.2 Å². The molecule has 0 atom stereocenters. The zero-order valence-corrected chi connectivity index (χ0v) is 13.1. The molecule has 1 N–H and O–H groups in total. The summed E-state index contributed by atoms with van der Waals surface area (Å²) in [5, 5.41) is 3.27. The Hall–Kier alpha value is -3.02. The van der Waals surface area contributed by atoms with E-state index in [0.717, 1.165) is 0 Å². The molecule has 0 saturated carbocycles. The predicted molar refractivity (Wildman–Crippen MR) is 89.4 cm³/mol. The van der Waals surface area contributed by atoms with Crippen LogP contribution in [0.4, 0.5) is 4.39 Å². The zero-order valence-electron chi connectivity index (χ0n) is 13.1. The topological polar surface area (TPSA) is 64.0 Å². The lowest BCUT2D eigenvalue weighted by Crippen LogP contribution is -2.29. The van der Waals surface area contributed by atoms with Gasteiger partial charge in [-0.2, -0.15) is 0 Å². The summed E-state index contributed by atoms with van der Waals surface area (Å²) in [5.41, 5.74) is 0.773. The van der Waals surface area contributed by atoms with Crippen LogP contribution in [0.2, 0.25) is 0 Å². The Morgan fingerprint density at radius 3 is 2.79 bits per heavy atom. The summed E-state index contributed by atoms with van der Waals surface area (Å²) in [6.45, 7) is 0.300. The minimum atomic E-state index is -0.457. The number of hydrogen-bond donors (Lipinski definition) is 1. The summed E-state index contributed by atoms with van der Waals surface area (Å²) in [4.78, 5) is 28.8. The van der Waals surface area contributed by atoms with Gasteiger partial charge >= 0.3 is 0 Å². The molecule has 0 bridgehead atoms. The summed E-state index contributed by atoms with van der Waals surface area (Å²) in [6.07, 6.45) is 0.400. The van der Waals surface area contributed by atoms with Crippen LogP contribution >= 0.6 is 0 Å². The lowest BCUT2D eigenvalue weighted by atomic mass is 10.2. The van der Waals surface area contributed by atoms with E-state index in [1.54, 1.807) is 31.3 Å². The summed E-state index contributed by atoms with van der Waals surface area (Å²) in [7, 11) is 1.66. The Morgan fingerprint density at radius 1 is 1.21 bits per heavy atom. The number of para-hydroxylation sites is 1. The Balaban J connectivity index is 1.73. The minimum Gasteiger partial charge on any atom is -0.352 e. The highest BCUT2D eigenvalue weighted by Crippen LogP contribution is 2.07. The molecule has 3 aromatic rings. The molecule has 1 aromatic heterocycles. The van der Waals surface area contributed by atoms with E-state index in [4.69, 9.17) is 0 Å². The van der Waals surface area contributed by atoms with Crippen LogP contribution in [-0.4, -0.2) is 22.0 Å². The Kier molecular flexibility index (Phi) is 4.37. The van der Waals surface area contributed by atoms with Gasteiger partial charge < -0.3 is 5.32 Å². The van der Waals surface area contributed by atoms with Crippen molar-refractivity contribution in [3.05, 3.63) is 76.1 Å². The van der Waals surface area contributed by atoms with Gasteiger partial charge in [0.25, 0.3) is 11.5 Å². The maximum absolute atomic E-state index is 13.1.